The van der Waals surface area contributed by atoms with E-state index in [4.69, 9.17) is 32.7 Å². The van der Waals surface area contributed by atoms with Gasteiger partial charge in [0.25, 0.3) is 5.91 Å². The van der Waals surface area contributed by atoms with E-state index in [0.717, 1.165) is 28.1 Å². The molecule has 8 heteroatoms. The Morgan fingerprint density at radius 3 is 2.26 bits per heavy atom. The Morgan fingerprint density at radius 2 is 1.53 bits per heavy atom. The zero-order valence-electron chi connectivity index (χ0n) is 23.2. The minimum absolute atomic E-state index is 0.0797. The molecule has 5 nitrogen and oxygen atoms in total. The van der Waals surface area contributed by atoms with Crippen LogP contribution in [0.4, 0.5) is 11.4 Å². The van der Waals surface area contributed by atoms with Crippen LogP contribution in [-0.4, -0.2) is 13.0 Å². The summed E-state index contributed by atoms with van der Waals surface area (Å²) in [6.45, 7) is 0.794. The van der Waals surface area contributed by atoms with Gasteiger partial charge in [-0.05, 0) is 70.0 Å². The van der Waals surface area contributed by atoms with Gasteiger partial charge in [-0.1, -0.05) is 89.9 Å². The molecule has 0 fully saturated rings. The van der Waals surface area contributed by atoms with E-state index < -0.39 is 6.17 Å². The van der Waals surface area contributed by atoms with Crippen LogP contribution in [0.2, 0.25) is 10.0 Å². The van der Waals surface area contributed by atoms with Crippen molar-refractivity contribution in [2.75, 3.05) is 16.9 Å². The van der Waals surface area contributed by atoms with Crippen molar-refractivity contribution in [3.8, 4) is 11.5 Å². The number of carbonyl (C=O) groups is 1. The lowest BCUT2D eigenvalue weighted by molar-refractivity contribution is 0.0968. The Labute approximate surface area is 269 Å². The fraction of sp³-hybridized carbons (Fsp3) is 0.114. The fourth-order valence-electron chi connectivity index (χ4n) is 5.36. The van der Waals surface area contributed by atoms with E-state index in [1.54, 1.807) is 19.2 Å². The number of para-hydroxylation sites is 2. The maximum Gasteiger partial charge on any atom is 0.262 e. The Hall–Kier alpha value is -3.97. The van der Waals surface area contributed by atoms with Crippen molar-refractivity contribution in [2.24, 2.45) is 0 Å². The zero-order chi connectivity index (χ0) is 29.9. The zero-order valence-corrected chi connectivity index (χ0v) is 26.3. The van der Waals surface area contributed by atoms with Gasteiger partial charge in [0.2, 0.25) is 0 Å². The van der Waals surface area contributed by atoms with Gasteiger partial charge in [0.05, 0.1) is 22.8 Å². The number of rotatable bonds is 8. The van der Waals surface area contributed by atoms with E-state index in [1.807, 2.05) is 95.9 Å². The molecule has 1 heterocycles. The first-order chi connectivity index (χ1) is 20.9. The Balaban J connectivity index is 1.47. The van der Waals surface area contributed by atoms with E-state index in [1.165, 1.54) is 0 Å². The molecule has 1 aliphatic heterocycles. The van der Waals surface area contributed by atoms with Crippen molar-refractivity contribution in [3.63, 3.8) is 0 Å². The summed E-state index contributed by atoms with van der Waals surface area (Å²) >= 11 is 16.2. The molecule has 0 aromatic heterocycles. The third-order valence-electron chi connectivity index (χ3n) is 7.37. The van der Waals surface area contributed by atoms with Crippen LogP contribution in [0.25, 0.3) is 0 Å². The van der Waals surface area contributed by atoms with Crippen LogP contribution in [0, 0.1) is 0 Å². The third kappa shape index (κ3) is 5.96. The minimum atomic E-state index is -0.491. The van der Waals surface area contributed by atoms with E-state index in [2.05, 4.69) is 33.0 Å². The molecule has 0 bridgehead atoms. The highest BCUT2D eigenvalue weighted by Gasteiger charge is 2.40. The molecule has 1 amide bonds. The highest BCUT2D eigenvalue weighted by Crippen LogP contribution is 2.46. The van der Waals surface area contributed by atoms with Gasteiger partial charge < -0.3 is 14.4 Å². The van der Waals surface area contributed by atoms with Crippen LogP contribution >= 0.6 is 39.1 Å². The second-order valence-electron chi connectivity index (χ2n) is 10.1. The van der Waals surface area contributed by atoms with Crippen LogP contribution in [0.1, 0.15) is 33.2 Å². The van der Waals surface area contributed by atoms with Gasteiger partial charge in [0.1, 0.15) is 12.8 Å². The molecule has 0 saturated carbocycles. The molecule has 1 atom stereocenters. The summed E-state index contributed by atoms with van der Waals surface area (Å²) in [5, 5.41) is 1.08. The van der Waals surface area contributed by atoms with E-state index >= 15 is 0 Å². The summed E-state index contributed by atoms with van der Waals surface area (Å²) in [6, 6.07) is 37.0. The first kappa shape index (κ1) is 29.1. The van der Waals surface area contributed by atoms with Crippen LogP contribution in [0.15, 0.2) is 120 Å². The van der Waals surface area contributed by atoms with Gasteiger partial charge in [-0.15, -0.1) is 0 Å². The number of hydrogen-bond donors (Lipinski definition) is 0. The van der Waals surface area contributed by atoms with Gasteiger partial charge in [-0.2, -0.15) is 0 Å². The van der Waals surface area contributed by atoms with Crippen molar-refractivity contribution in [3.05, 3.63) is 152 Å². The van der Waals surface area contributed by atoms with Gasteiger partial charge in [-0.25, -0.2) is 0 Å². The van der Waals surface area contributed by atoms with Gasteiger partial charge >= 0.3 is 0 Å². The standard InChI is InChI=1S/C35H27BrCl2N2O3/c1-42-32-19-25(18-29(36)33(32)43-22-24-16-17-26(37)20-30(24)38)34-39(21-23-10-4-2-5-11-23)31-15-9-8-14-28(31)35(41)40(34)27-12-6-3-7-13-27/h2-20,34H,21-22H2,1H3/t34-/m0/s1. The number of amides is 1. The highest BCUT2D eigenvalue weighted by molar-refractivity contribution is 9.10. The van der Waals surface area contributed by atoms with Crippen molar-refractivity contribution in [1.82, 2.24) is 0 Å². The summed E-state index contributed by atoms with van der Waals surface area (Å²) in [7, 11) is 1.60. The van der Waals surface area contributed by atoms with E-state index in [9.17, 15) is 4.79 Å². The second kappa shape index (κ2) is 12.7. The summed E-state index contributed by atoms with van der Waals surface area (Å²) in [5.74, 6) is 0.970. The molecule has 0 spiro atoms. The Bertz CT molecular complexity index is 1770. The maximum absolute atomic E-state index is 14.2. The predicted molar refractivity (Wildman–Crippen MR) is 177 cm³/mol. The van der Waals surface area contributed by atoms with Crippen molar-refractivity contribution >= 4 is 56.4 Å². The predicted octanol–water partition coefficient (Wildman–Crippen LogP) is 9.71. The van der Waals surface area contributed by atoms with Crippen LogP contribution in [0.3, 0.4) is 0 Å². The first-order valence-electron chi connectivity index (χ1n) is 13.7. The summed E-state index contributed by atoms with van der Waals surface area (Å²) in [6.07, 6.45) is -0.491. The summed E-state index contributed by atoms with van der Waals surface area (Å²) in [5.41, 5.74) is 5.06. The molecule has 5 aromatic carbocycles. The Kier molecular flexibility index (Phi) is 8.61. The third-order valence-corrected chi connectivity index (χ3v) is 8.55. The second-order valence-corrected chi connectivity index (χ2v) is 11.8. The number of benzene rings is 5. The normalized spacial score (nSPS) is 14.4. The largest absolute Gasteiger partial charge is 0.493 e. The van der Waals surface area contributed by atoms with Crippen molar-refractivity contribution in [1.29, 1.82) is 0 Å². The molecule has 43 heavy (non-hydrogen) atoms. The molecule has 0 N–H and O–H groups in total. The number of nitrogens with zero attached hydrogens (tertiary/aromatic N) is 2. The van der Waals surface area contributed by atoms with Gasteiger partial charge in [-0.3, -0.25) is 9.69 Å². The molecule has 5 aromatic rings. The van der Waals surface area contributed by atoms with Gasteiger partial charge in [0.15, 0.2) is 11.5 Å². The molecule has 0 radical (unpaired) electrons. The average Bonchev–Trinajstić information content (AvgIpc) is 3.03. The molecule has 0 aliphatic carbocycles. The highest BCUT2D eigenvalue weighted by atomic mass is 79.9. The quantitative estimate of drug-likeness (QED) is 0.164. The number of halogens is 3. The monoisotopic (exact) mass is 672 g/mol. The smallest absolute Gasteiger partial charge is 0.262 e. The number of ether oxygens (including phenoxy) is 2. The molecule has 1 aliphatic rings. The minimum Gasteiger partial charge on any atom is -0.493 e. The van der Waals surface area contributed by atoms with Crippen molar-refractivity contribution in [2.45, 2.75) is 19.3 Å². The van der Waals surface area contributed by atoms with Gasteiger partial charge in [0, 0.05) is 33.4 Å². The fourth-order valence-corrected chi connectivity index (χ4v) is 6.40. The number of anilines is 2. The summed E-state index contributed by atoms with van der Waals surface area (Å²) in [4.78, 5) is 18.3. The van der Waals surface area contributed by atoms with E-state index in [0.29, 0.717) is 38.1 Å². The molecule has 6 rings (SSSR count). The lowest BCUT2D eigenvalue weighted by atomic mass is 9.98. The Morgan fingerprint density at radius 1 is 0.837 bits per heavy atom. The lowest BCUT2D eigenvalue weighted by Crippen LogP contribution is -2.49. The molecular weight excluding hydrogens is 647 g/mol. The van der Waals surface area contributed by atoms with Crippen LogP contribution in [0.5, 0.6) is 11.5 Å². The molecule has 0 unspecified atom stereocenters. The number of carbonyl (C=O) groups excluding carboxylic acids is 1. The summed E-state index contributed by atoms with van der Waals surface area (Å²) < 4.78 is 12.8. The number of hydrogen-bond acceptors (Lipinski definition) is 4. The number of fused-ring (bicyclic) bond motifs is 1. The molecule has 0 saturated heterocycles. The number of methoxy groups -OCH3 is 1. The topological polar surface area (TPSA) is 42.0 Å². The molecular formula is C35H27BrCl2N2O3. The molecule has 216 valence electrons. The average molecular weight is 674 g/mol. The van der Waals surface area contributed by atoms with Crippen molar-refractivity contribution < 1.29 is 14.3 Å². The lowest BCUT2D eigenvalue weighted by Gasteiger charge is -2.46. The van der Waals surface area contributed by atoms with Crippen LogP contribution < -0.4 is 19.3 Å². The van der Waals surface area contributed by atoms with Crippen LogP contribution in [-0.2, 0) is 13.2 Å². The first-order valence-corrected chi connectivity index (χ1v) is 15.2. The van der Waals surface area contributed by atoms with E-state index in [-0.39, 0.29) is 12.5 Å². The SMILES string of the molecule is COc1cc([C@H]2N(Cc3ccccc3)c3ccccc3C(=O)N2c2ccccc2)cc(Br)c1OCc1ccc(Cl)cc1Cl. The maximum atomic E-state index is 14.2.